The molecule has 1 N–H and O–H groups in total. The summed E-state index contributed by atoms with van der Waals surface area (Å²) in [7, 11) is 4.71. The first-order valence-electron chi connectivity index (χ1n) is 8.49. The highest BCUT2D eigenvalue weighted by Crippen LogP contribution is 2.23. The zero-order chi connectivity index (χ0) is 21.0. The Morgan fingerprint density at radius 3 is 2.69 bits per heavy atom. The molecule has 0 aliphatic rings. The normalized spacial score (nSPS) is 10.2. The molecule has 3 rings (SSSR count). The number of amides is 1. The lowest BCUT2D eigenvalue weighted by Crippen LogP contribution is -2.22. The summed E-state index contributed by atoms with van der Waals surface area (Å²) in [5, 5.41) is 11.9. The number of pyridine rings is 1. The highest BCUT2D eigenvalue weighted by atomic mass is 19.1. The molecular weight excluding hydrogens is 375 g/mol. The largest absolute Gasteiger partial charge is 0.480 e. The number of nitriles is 1. The van der Waals surface area contributed by atoms with Gasteiger partial charge >= 0.3 is 0 Å². The van der Waals surface area contributed by atoms with Gasteiger partial charge in [-0.15, -0.1) is 0 Å². The molecule has 0 aliphatic heterocycles. The lowest BCUT2D eigenvalue weighted by Gasteiger charge is -2.14. The van der Waals surface area contributed by atoms with E-state index in [2.05, 4.69) is 20.3 Å². The van der Waals surface area contributed by atoms with Crippen LogP contribution in [-0.2, 0) is 0 Å². The number of carbonyl (C=O) groups excluding carboxylic acids is 1. The molecule has 0 radical (unpaired) electrons. The summed E-state index contributed by atoms with van der Waals surface area (Å²) in [6.07, 6.45) is 1.53. The van der Waals surface area contributed by atoms with Crippen molar-refractivity contribution < 1.29 is 13.9 Å². The second-order valence-electron chi connectivity index (χ2n) is 6.15. The highest BCUT2D eigenvalue weighted by Gasteiger charge is 2.16. The summed E-state index contributed by atoms with van der Waals surface area (Å²) in [5.74, 6) is -0.0317. The summed E-state index contributed by atoms with van der Waals surface area (Å²) in [6, 6.07) is 10.8. The van der Waals surface area contributed by atoms with Crippen LogP contribution in [-0.4, -0.2) is 47.0 Å². The van der Waals surface area contributed by atoms with E-state index in [1.54, 1.807) is 38.4 Å². The smallest absolute Gasteiger partial charge is 0.258 e. The predicted octanol–water partition coefficient (Wildman–Crippen LogP) is 3.00. The quantitative estimate of drug-likeness (QED) is 0.712. The van der Waals surface area contributed by atoms with Gasteiger partial charge < -0.3 is 15.0 Å². The lowest BCUT2D eigenvalue weighted by atomic mass is 10.1. The monoisotopic (exact) mass is 392 g/mol. The molecule has 0 spiro atoms. The topological polar surface area (TPSA) is 104 Å². The van der Waals surface area contributed by atoms with Gasteiger partial charge in [0.1, 0.15) is 23.3 Å². The van der Waals surface area contributed by atoms with Crippen molar-refractivity contribution in [3.05, 3.63) is 59.5 Å². The Balaban J connectivity index is 1.89. The van der Waals surface area contributed by atoms with Crippen LogP contribution in [0.5, 0.6) is 5.88 Å². The SMILES string of the molecule is COc1nc(Nc2nccc(-c3ccc(F)c(C#N)c3)n2)ccc1C(=O)N(C)C. The van der Waals surface area contributed by atoms with Gasteiger partial charge in [-0.1, -0.05) is 0 Å². The number of halogens is 1. The maximum Gasteiger partial charge on any atom is 0.258 e. The number of hydrogen-bond acceptors (Lipinski definition) is 7. The van der Waals surface area contributed by atoms with Crippen LogP contribution in [0.25, 0.3) is 11.3 Å². The molecule has 0 saturated carbocycles. The van der Waals surface area contributed by atoms with Gasteiger partial charge in [-0.25, -0.2) is 14.4 Å². The second kappa shape index (κ2) is 8.31. The van der Waals surface area contributed by atoms with Crippen LogP contribution < -0.4 is 10.1 Å². The fraction of sp³-hybridized carbons (Fsp3) is 0.150. The Hall–Kier alpha value is -4.06. The Morgan fingerprint density at radius 2 is 2.00 bits per heavy atom. The summed E-state index contributed by atoms with van der Waals surface area (Å²) in [6.45, 7) is 0. The van der Waals surface area contributed by atoms with Crippen molar-refractivity contribution in [2.45, 2.75) is 0 Å². The first kappa shape index (κ1) is 19.7. The van der Waals surface area contributed by atoms with E-state index in [0.717, 1.165) is 0 Å². The number of benzene rings is 1. The van der Waals surface area contributed by atoms with Crippen molar-refractivity contribution in [2.75, 3.05) is 26.5 Å². The van der Waals surface area contributed by atoms with Crippen LogP contribution in [0, 0.1) is 17.1 Å². The number of hydrogen-bond donors (Lipinski definition) is 1. The van der Waals surface area contributed by atoms with E-state index in [4.69, 9.17) is 10.00 Å². The Labute approximate surface area is 166 Å². The van der Waals surface area contributed by atoms with Crippen molar-refractivity contribution >= 4 is 17.7 Å². The van der Waals surface area contributed by atoms with Gasteiger partial charge in [-0.3, -0.25) is 4.79 Å². The van der Waals surface area contributed by atoms with Crippen LogP contribution in [0.3, 0.4) is 0 Å². The molecule has 3 aromatic rings. The van der Waals surface area contributed by atoms with Crippen molar-refractivity contribution in [2.24, 2.45) is 0 Å². The molecule has 146 valence electrons. The fourth-order valence-electron chi connectivity index (χ4n) is 2.53. The van der Waals surface area contributed by atoms with Crippen LogP contribution >= 0.6 is 0 Å². The summed E-state index contributed by atoms with van der Waals surface area (Å²) in [4.78, 5) is 26.4. The maximum absolute atomic E-state index is 13.5. The number of ether oxygens (including phenoxy) is 1. The van der Waals surface area contributed by atoms with Crippen LogP contribution in [0.4, 0.5) is 16.2 Å². The third-order valence-corrected chi connectivity index (χ3v) is 3.97. The molecule has 29 heavy (non-hydrogen) atoms. The third kappa shape index (κ3) is 4.27. The molecule has 1 aromatic carbocycles. The molecule has 0 saturated heterocycles. The average Bonchev–Trinajstić information content (AvgIpc) is 2.73. The Kier molecular flexibility index (Phi) is 5.64. The Bertz CT molecular complexity index is 1110. The molecule has 9 heteroatoms. The first-order chi connectivity index (χ1) is 13.9. The number of aromatic nitrogens is 3. The first-order valence-corrected chi connectivity index (χ1v) is 8.49. The van der Waals surface area contributed by atoms with E-state index in [-0.39, 0.29) is 23.3 Å². The molecular formula is C20H17FN6O2. The number of rotatable bonds is 5. The fourth-order valence-corrected chi connectivity index (χ4v) is 2.53. The molecule has 2 heterocycles. The average molecular weight is 392 g/mol. The van der Waals surface area contributed by atoms with Crippen LogP contribution in [0.15, 0.2) is 42.6 Å². The van der Waals surface area contributed by atoms with E-state index in [1.807, 2.05) is 0 Å². The molecule has 0 fully saturated rings. The molecule has 1 amide bonds. The predicted molar refractivity (Wildman–Crippen MR) is 104 cm³/mol. The van der Waals surface area contributed by atoms with E-state index >= 15 is 0 Å². The van der Waals surface area contributed by atoms with Crippen LogP contribution in [0.1, 0.15) is 15.9 Å². The molecule has 0 unspecified atom stereocenters. The van der Waals surface area contributed by atoms with Crippen molar-refractivity contribution in [3.8, 4) is 23.2 Å². The van der Waals surface area contributed by atoms with Gasteiger partial charge in [0.05, 0.1) is 18.4 Å². The van der Waals surface area contributed by atoms with Crippen molar-refractivity contribution in [3.63, 3.8) is 0 Å². The standard InChI is InChI=1S/C20H17FN6O2/c1-27(2)19(28)14-5-7-17(25-18(14)29-3)26-20-23-9-8-16(24-20)12-4-6-15(21)13(10-12)11-22/h4-10H,1-3H3,(H,23,24,25,26). The molecule has 0 bridgehead atoms. The highest BCUT2D eigenvalue weighted by molar-refractivity contribution is 5.96. The molecule has 8 nitrogen and oxygen atoms in total. The minimum Gasteiger partial charge on any atom is -0.480 e. The van der Waals surface area contributed by atoms with E-state index < -0.39 is 5.82 Å². The zero-order valence-corrected chi connectivity index (χ0v) is 16.0. The number of nitrogens with zero attached hydrogens (tertiary/aromatic N) is 5. The number of carbonyl (C=O) groups is 1. The van der Waals surface area contributed by atoms with Gasteiger partial charge in [-0.05, 0) is 36.4 Å². The number of methoxy groups -OCH3 is 1. The summed E-state index contributed by atoms with van der Waals surface area (Å²) < 4.78 is 18.8. The maximum atomic E-state index is 13.5. The van der Waals surface area contributed by atoms with E-state index in [9.17, 15) is 9.18 Å². The second-order valence-corrected chi connectivity index (χ2v) is 6.15. The number of nitrogens with one attached hydrogen (secondary N) is 1. The van der Waals surface area contributed by atoms with Gasteiger partial charge in [0.25, 0.3) is 5.91 Å². The lowest BCUT2D eigenvalue weighted by molar-refractivity contribution is 0.0823. The molecule has 0 aliphatic carbocycles. The van der Waals surface area contributed by atoms with E-state index in [1.165, 1.54) is 36.4 Å². The van der Waals surface area contributed by atoms with Crippen molar-refractivity contribution in [1.29, 1.82) is 5.26 Å². The molecule has 2 aromatic heterocycles. The Morgan fingerprint density at radius 1 is 1.21 bits per heavy atom. The molecule has 0 atom stereocenters. The van der Waals surface area contributed by atoms with Gasteiger partial charge in [0, 0.05) is 25.9 Å². The third-order valence-electron chi connectivity index (χ3n) is 3.97. The summed E-state index contributed by atoms with van der Waals surface area (Å²) in [5.41, 5.74) is 1.34. The number of anilines is 2. The van der Waals surface area contributed by atoms with Gasteiger partial charge in [0.15, 0.2) is 0 Å². The zero-order valence-electron chi connectivity index (χ0n) is 16.0. The minimum atomic E-state index is -0.590. The van der Waals surface area contributed by atoms with Gasteiger partial charge in [-0.2, -0.15) is 10.2 Å². The van der Waals surface area contributed by atoms with Crippen molar-refractivity contribution in [1.82, 2.24) is 19.9 Å². The summed E-state index contributed by atoms with van der Waals surface area (Å²) >= 11 is 0. The minimum absolute atomic E-state index is 0.0665. The van der Waals surface area contributed by atoms with Crippen LogP contribution in [0.2, 0.25) is 0 Å². The van der Waals surface area contributed by atoms with E-state index in [0.29, 0.717) is 22.6 Å². The van der Waals surface area contributed by atoms with Gasteiger partial charge in [0.2, 0.25) is 11.8 Å².